The first kappa shape index (κ1) is 23.4. The molecule has 37 heavy (non-hydrogen) atoms. The van der Waals surface area contributed by atoms with Crippen LogP contribution in [0.3, 0.4) is 0 Å². The van der Waals surface area contributed by atoms with E-state index in [9.17, 15) is 14.4 Å². The van der Waals surface area contributed by atoms with Gasteiger partial charge in [-0.1, -0.05) is 35.9 Å². The summed E-state index contributed by atoms with van der Waals surface area (Å²) < 4.78 is 2.00. The Labute approximate surface area is 218 Å². The predicted octanol–water partition coefficient (Wildman–Crippen LogP) is 3.71. The second-order valence-electron chi connectivity index (χ2n) is 9.39. The van der Waals surface area contributed by atoms with Gasteiger partial charge in [-0.2, -0.15) is 0 Å². The molecule has 2 aromatic heterocycles. The van der Waals surface area contributed by atoms with E-state index in [4.69, 9.17) is 11.6 Å². The van der Waals surface area contributed by atoms with Gasteiger partial charge >= 0.3 is 0 Å². The van der Waals surface area contributed by atoms with Crippen molar-refractivity contribution >= 4 is 35.0 Å². The largest absolute Gasteiger partial charge is 0.322 e. The minimum absolute atomic E-state index is 0.181. The Kier molecular flexibility index (Phi) is 5.98. The van der Waals surface area contributed by atoms with Gasteiger partial charge in [0, 0.05) is 60.8 Å². The first-order chi connectivity index (χ1) is 18.0. The topological polar surface area (TPSA) is 95.8 Å². The minimum atomic E-state index is -0.632. The number of fused-ring (bicyclic) bond motifs is 2. The summed E-state index contributed by atoms with van der Waals surface area (Å²) in [5, 5.41) is 6.54. The summed E-state index contributed by atoms with van der Waals surface area (Å²) in [7, 11) is 0. The maximum Gasteiger partial charge on any atom is 0.255 e. The number of carbonyl (C=O) groups is 3. The highest BCUT2D eigenvalue weighted by molar-refractivity contribution is 6.31. The number of amides is 3. The van der Waals surface area contributed by atoms with Gasteiger partial charge in [-0.25, -0.2) is 4.98 Å². The number of imide groups is 1. The molecular formula is C28H24ClN5O3. The Bertz CT molecular complexity index is 1560. The number of rotatable bonds is 6. The number of hydrogen-bond acceptors (Lipinski definition) is 5. The van der Waals surface area contributed by atoms with Crippen LogP contribution in [0.1, 0.15) is 39.9 Å². The van der Waals surface area contributed by atoms with Gasteiger partial charge in [-0.3, -0.25) is 19.7 Å². The number of piperidine rings is 1. The summed E-state index contributed by atoms with van der Waals surface area (Å²) in [4.78, 5) is 43.1. The molecule has 2 aliphatic heterocycles. The van der Waals surface area contributed by atoms with E-state index in [-0.39, 0.29) is 18.2 Å². The van der Waals surface area contributed by atoms with E-state index < -0.39 is 11.9 Å². The van der Waals surface area contributed by atoms with Crippen molar-refractivity contribution in [1.29, 1.82) is 0 Å². The summed E-state index contributed by atoms with van der Waals surface area (Å²) in [5.41, 5.74) is 6.29. The van der Waals surface area contributed by atoms with E-state index in [1.54, 1.807) is 11.1 Å². The van der Waals surface area contributed by atoms with Crippen LogP contribution in [0.5, 0.6) is 0 Å². The van der Waals surface area contributed by atoms with E-state index in [1.807, 2.05) is 59.3 Å². The third-order valence-corrected chi connectivity index (χ3v) is 7.35. The number of benzene rings is 2. The van der Waals surface area contributed by atoms with Gasteiger partial charge in [0.1, 0.15) is 11.7 Å². The predicted molar refractivity (Wildman–Crippen MR) is 139 cm³/mol. The molecule has 8 nitrogen and oxygen atoms in total. The van der Waals surface area contributed by atoms with Gasteiger partial charge in [0.05, 0.1) is 0 Å². The molecule has 0 spiro atoms. The highest BCUT2D eigenvalue weighted by atomic mass is 35.5. The van der Waals surface area contributed by atoms with Crippen molar-refractivity contribution in [2.45, 2.75) is 38.5 Å². The fraction of sp³-hybridized carbons (Fsp3) is 0.214. The molecule has 3 amide bonds. The van der Waals surface area contributed by atoms with Crippen LogP contribution in [0, 0.1) is 0 Å². The maximum absolute atomic E-state index is 13.1. The van der Waals surface area contributed by atoms with Crippen molar-refractivity contribution in [2.24, 2.45) is 0 Å². The molecule has 4 aromatic rings. The number of nitrogens with one attached hydrogen (secondary N) is 2. The molecule has 1 unspecified atom stereocenters. The highest BCUT2D eigenvalue weighted by Gasteiger charge is 2.39. The Morgan fingerprint density at radius 2 is 1.92 bits per heavy atom. The Hall–Kier alpha value is -4.01. The smallest absolute Gasteiger partial charge is 0.255 e. The minimum Gasteiger partial charge on any atom is -0.322 e. The van der Waals surface area contributed by atoms with Gasteiger partial charge < -0.3 is 14.6 Å². The van der Waals surface area contributed by atoms with Crippen LogP contribution in [0.4, 0.5) is 0 Å². The van der Waals surface area contributed by atoms with Gasteiger partial charge in [0.25, 0.3) is 5.91 Å². The van der Waals surface area contributed by atoms with E-state index in [0.717, 1.165) is 38.5 Å². The first-order valence-electron chi connectivity index (χ1n) is 12.2. The second-order valence-corrected chi connectivity index (χ2v) is 9.79. The van der Waals surface area contributed by atoms with Crippen molar-refractivity contribution in [1.82, 2.24) is 24.9 Å². The average Bonchev–Trinajstić information content (AvgIpc) is 3.49. The molecule has 186 valence electrons. The summed E-state index contributed by atoms with van der Waals surface area (Å²) in [5.74, 6) is -0.883. The van der Waals surface area contributed by atoms with E-state index in [2.05, 4.69) is 21.7 Å². The Balaban J connectivity index is 1.26. The molecule has 0 aliphatic carbocycles. The lowest BCUT2D eigenvalue weighted by atomic mass is 10.00. The number of nitrogens with zero attached hydrogens (tertiary/aromatic N) is 3. The lowest BCUT2D eigenvalue weighted by molar-refractivity contribution is -0.136. The fourth-order valence-electron chi connectivity index (χ4n) is 5.13. The van der Waals surface area contributed by atoms with Crippen LogP contribution in [-0.2, 0) is 29.2 Å². The van der Waals surface area contributed by atoms with Gasteiger partial charge in [-0.15, -0.1) is 0 Å². The van der Waals surface area contributed by atoms with Gasteiger partial charge in [0.2, 0.25) is 11.8 Å². The molecule has 6 rings (SSSR count). The van der Waals surface area contributed by atoms with Crippen LogP contribution < -0.4 is 10.6 Å². The molecule has 2 aromatic carbocycles. The SMILES string of the molecule is O=C1CCC(N2Cc3cc(-c4cc(CNCc5ccccc5Cl)cn5ccnc45)ccc3C2=O)C(=O)N1. The molecule has 0 saturated carbocycles. The first-order valence-corrected chi connectivity index (χ1v) is 12.5. The van der Waals surface area contributed by atoms with Crippen LogP contribution in [0.2, 0.25) is 5.02 Å². The lowest BCUT2D eigenvalue weighted by Gasteiger charge is -2.29. The van der Waals surface area contributed by atoms with Crippen LogP contribution >= 0.6 is 11.6 Å². The molecule has 2 N–H and O–H groups in total. The second kappa shape index (κ2) is 9.46. The van der Waals surface area contributed by atoms with Crippen LogP contribution in [-0.4, -0.2) is 38.0 Å². The molecule has 9 heteroatoms. The molecule has 1 atom stereocenters. The van der Waals surface area contributed by atoms with Gasteiger partial charge in [-0.05, 0) is 52.9 Å². The number of pyridine rings is 1. The zero-order valence-corrected chi connectivity index (χ0v) is 20.7. The Morgan fingerprint density at radius 3 is 2.76 bits per heavy atom. The van der Waals surface area contributed by atoms with Crippen molar-refractivity contribution in [3.05, 3.63) is 94.4 Å². The van der Waals surface area contributed by atoms with Crippen LogP contribution in [0.15, 0.2) is 67.1 Å². The fourth-order valence-corrected chi connectivity index (χ4v) is 5.33. The molecule has 2 aliphatic rings. The number of halogens is 1. The highest BCUT2D eigenvalue weighted by Crippen LogP contribution is 2.33. The normalized spacial score (nSPS) is 17.4. The molecule has 4 heterocycles. The standard InChI is InChI=1S/C28H24ClN5O3/c29-23-4-2-1-3-19(23)14-30-13-17-11-22(26-31-9-10-33(26)15-17)18-5-6-21-20(12-18)16-34(28(21)37)24-7-8-25(35)32-27(24)36/h1-6,9-12,15,24,30H,7-8,13-14,16H2,(H,32,35,36). The van der Waals surface area contributed by atoms with Crippen LogP contribution in [0.25, 0.3) is 16.8 Å². The Morgan fingerprint density at radius 1 is 1.05 bits per heavy atom. The number of carbonyl (C=O) groups excluding carboxylic acids is 3. The summed E-state index contributed by atoms with van der Waals surface area (Å²) in [6.45, 7) is 1.62. The zero-order chi connectivity index (χ0) is 25.5. The zero-order valence-electron chi connectivity index (χ0n) is 19.9. The lowest BCUT2D eigenvalue weighted by Crippen LogP contribution is -2.52. The third-order valence-electron chi connectivity index (χ3n) is 6.98. The maximum atomic E-state index is 13.1. The van der Waals surface area contributed by atoms with Crippen molar-refractivity contribution in [2.75, 3.05) is 0 Å². The monoisotopic (exact) mass is 513 g/mol. The summed E-state index contributed by atoms with van der Waals surface area (Å²) in [6, 6.07) is 15.0. The molecule has 0 bridgehead atoms. The summed E-state index contributed by atoms with van der Waals surface area (Å²) in [6.07, 6.45) is 6.30. The number of imidazole rings is 1. The molecular weight excluding hydrogens is 490 g/mol. The number of aromatic nitrogens is 2. The summed E-state index contributed by atoms with van der Waals surface area (Å²) >= 11 is 6.29. The van der Waals surface area contributed by atoms with E-state index >= 15 is 0 Å². The van der Waals surface area contributed by atoms with E-state index in [0.29, 0.717) is 31.6 Å². The van der Waals surface area contributed by atoms with Gasteiger partial charge in [0.15, 0.2) is 0 Å². The molecule has 1 fully saturated rings. The van der Waals surface area contributed by atoms with Crippen molar-refractivity contribution in [3.8, 4) is 11.1 Å². The van der Waals surface area contributed by atoms with E-state index in [1.165, 1.54) is 0 Å². The average molecular weight is 514 g/mol. The van der Waals surface area contributed by atoms with Crippen molar-refractivity contribution in [3.63, 3.8) is 0 Å². The number of hydrogen-bond donors (Lipinski definition) is 2. The quantitative estimate of drug-likeness (QED) is 0.383. The molecule has 0 radical (unpaired) electrons. The molecule has 1 saturated heterocycles. The third kappa shape index (κ3) is 4.39. The van der Waals surface area contributed by atoms with Crippen molar-refractivity contribution < 1.29 is 14.4 Å².